The molecule has 11 heteroatoms. The van der Waals surface area contributed by atoms with E-state index in [2.05, 4.69) is 10.2 Å². The highest BCUT2D eigenvalue weighted by Crippen LogP contribution is 2.26. The van der Waals surface area contributed by atoms with Gasteiger partial charge in [0.15, 0.2) is 0 Å². The summed E-state index contributed by atoms with van der Waals surface area (Å²) in [5.74, 6) is -2.86. The Morgan fingerprint density at radius 1 is 1.17 bits per heavy atom. The summed E-state index contributed by atoms with van der Waals surface area (Å²) in [6.45, 7) is 1.81. The number of amides is 1. The van der Waals surface area contributed by atoms with Crippen LogP contribution in [0, 0.1) is 5.82 Å². The second-order valence-electron chi connectivity index (χ2n) is 6.96. The minimum absolute atomic E-state index is 0.149. The number of halogens is 4. The van der Waals surface area contributed by atoms with Crippen LogP contribution in [0.2, 0.25) is 0 Å². The van der Waals surface area contributed by atoms with Crippen molar-refractivity contribution >= 4 is 11.9 Å². The number of nitrogens with one attached hydrogen (secondary N) is 1. The smallest absolute Gasteiger partial charge is 0.475 e. The van der Waals surface area contributed by atoms with Crippen molar-refractivity contribution in [1.82, 2.24) is 20.0 Å². The summed E-state index contributed by atoms with van der Waals surface area (Å²) in [6, 6.07) is 6.37. The number of aromatic amines is 1. The molecule has 0 fully saturated rings. The Bertz CT molecular complexity index is 879. The number of carboxylic acids is 1. The van der Waals surface area contributed by atoms with E-state index in [9.17, 15) is 22.4 Å². The third kappa shape index (κ3) is 6.28. The van der Waals surface area contributed by atoms with Crippen molar-refractivity contribution < 1.29 is 32.3 Å². The predicted octanol–water partition coefficient (Wildman–Crippen LogP) is 2.34. The second kappa shape index (κ2) is 9.70. The van der Waals surface area contributed by atoms with E-state index in [4.69, 9.17) is 9.90 Å². The fourth-order valence-corrected chi connectivity index (χ4v) is 2.95. The SMILES string of the molecule is CN(C)CC(=O)N1CCc2[nH]nc(-c3ccc(F)cc3)c2CC1.O=C(O)C(F)(F)F. The van der Waals surface area contributed by atoms with E-state index in [0.29, 0.717) is 19.6 Å². The van der Waals surface area contributed by atoms with Gasteiger partial charge in [-0.15, -0.1) is 0 Å². The Kier molecular flexibility index (Phi) is 7.54. The zero-order valence-electron chi connectivity index (χ0n) is 16.5. The maximum atomic E-state index is 13.1. The lowest BCUT2D eigenvalue weighted by molar-refractivity contribution is -0.192. The first-order chi connectivity index (χ1) is 14.0. The normalized spacial score (nSPS) is 13.9. The van der Waals surface area contributed by atoms with E-state index < -0.39 is 12.1 Å². The van der Waals surface area contributed by atoms with E-state index in [-0.39, 0.29) is 11.7 Å². The molecule has 0 spiro atoms. The van der Waals surface area contributed by atoms with Crippen LogP contribution in [-0.4, -0.2) is 76.9 Å². The van der Waals surface area contributed by atoms with Crippen molar-refractivity contribution in [2.45, 2.75) is 19.0 Å². The first-order valence-electron chi connectivity index (χ1n) is 9.03. The van der Waals surface area contributed by atoms with Gasteiger partial charge < -0.3 is 14.9 Å². The van der Waals surface area contributed by atoms with E-state index in [1.165, 1.54) is 12.1 Å². The Hall–Kier alpha value is -2.95. The molecule has 30 heavy (non-hydrogen) atoms. The number of fused-ring (bicyclic) bond motifs is 1. The van der Waals surface area contributed by atoms with Crippen LogP contribution in [0.3, 0.4) is 0 Å². The standard InChI is InChI=1S/C17H21FN4O.C2HF3O2/c1-21(2)11-16(23)22-9-7-14-15(8-10-22)19-20-17(14)12-3-5-13(18)6-4-12;3-2(4,5)1(6)7/h3-6H,7-11H2,1-2H3,(H,19,20);(H,6,7). The number of hydrogen-bond acceptors (Lipinski definition) is 4. The van der Waals surface area contributed by atoms with Gasteiger partial charge in [0.2, 0.25) is 5.91 Å². The number of carbonyl (C=O) groups is 2. The minimum Gasteiger partial charge on any atom is -0.475 e. The Labute approximate surface area is 170 Å². The van der Waals surface area contributed by atoms with Crippen molar-refractivity contribution in [3.63, 3.8) is 0 Å². The summed E-state index contributed by atoms with van der Waals surface area (Å²) in [6.07, 6.45) is -3.56. The van der Waals surface area contributed by atoms with Crippen LogP contribution >= 0.6 is 0 Å². The fourth-order valence-electron chi connectivity index (χ4n) is 2.95. The van der Waals surface area contributed by atoms with Gasteiger partial charge >= 0.3 is 12.1 Å². The number of nitrogens with zero attached hydrogens (tertiary/aromatic N) is 3. The van der Waals surface area contributed by atoms with Crippen LogP contribution in [0.25, 0.3) is 11.3 Å². The van der Waals surface area contributed by atoms with Gasteiger partial charge in [-0.25, -0.2) is 9.18 Å². The summed E-state index contributed by atoms with van der Waals surface area (Å²) in [5, 5.41) is 14.6. The molecule has 0 atom stereocenters. The molecular formula is C19H22F4N4O3. The maximum absolute atomic E-state index is 13.1. The van der Waals surface area contributed by atoms with E-state index in [1.54, 1.807) is 12.1 Å². The molecule has 1 aromatic carbocycles. The molecule has 2 aromatic rings. The molecular weight excluding hydrogens is 408 g/mol. The van der Waals surface area contributed by atoms with Crippen LogP contribution in [0.1, 0.15) is 11.3 Å². The summed E-state index contributed by atoms with van der Waals surface area (Å²) in [4.78, 5) is 24.9. The molecule has 7 nitrogen and oxygen atoms in total. The molecule has 1 aliphatic rings. The van der Waals surface area contributed by atoms with Gasteiger partial charge in [-0.2, -0.15) is 18.3 Å². The number of aromatic nitrogens is 2. The summed E-state index contributed by atoms with van der Waals surface area (Å²) in [5.41, 5.74) is 3.97. The number of H-pyrrole nitrogens is 1. The molecule has 0 bridgehead atoms. The predicted molar refractivity (Wildman–Crippen MR) is 100 cm³/mol. The first kappa shape index (κ1) is 23.3. The second-order valence-corrected chi connectivity index (χ2v) is 6.96. The molecule has 0 unspecified atom stereocenters. The molecule has 1 aliphatic heterocycles. The van der Waals surface area contributed by atoms with Crippen LogP contribution in [0.4, 0.5) is 17.6 Å². The van der Waals surface area contributed by atoms with Crippen LogP contribution in [-0.2, 0) is 22.4 Å². The summed E-state index contributed by atoms with van der Waals surface area (Å²) >= 11 is 0. The van der Waals surface area contributed by atoms with Crippen molar-refractivity contribution in [2.24, 2.45) is 0 Å². The third-order valence-corrected chi connectivity index (χ3v) is 4.38. The molecule has 2 N–H and O–H groups in total. The van der Waals surface area contributed by atoms with E-state index in [1.807, 2.05) is 23.9 Å². The largest absolute Gasteiger partial charge is 0.490 e. The zero-order valence-corrected chi connectivity index (χ0v) is 16.5. The monoisotopic (exact) mass is 430 g/mol. The third-order valence-electron chi connectivity index (χ3n) is 4.38. The van der Waals surface area contributed by atoms with Gasteiger partial charge in [-0.3, -0.25) is 9.89 Å². The molecule has 1 aromatic heterocycles. The van der Waals surface area contributed by atoms with Crippen molar-refractivity contribution in [3.05, 3.63) is 41.3 Å². The van der Waals surface area contributed by atoms with Crippen molar-refractivity contribution in [2.75, 3.05) is 33.7 Å². The topological polar surface area (TPSA) is 89.5 Å². The first-order valence-corrected chi connectivity index (χ1v) is 9.03. The molecule has 0 radical (unpaired) electrons. The maximum Gasteiger partial charge on any atom is 0.490 e. The number of alkyl halides is 3. The van der Waals surface area contributed by atoms with Crippen molar-refractivity contribution in [1.29, 1.82) is 0 Å². The Morgan fingerprint density at radius 2 is 1.73 bits per heavy atom. The van der Waals surface area contributed by atoms with Gasteiger partial charge in [-0.05, 0) is 44.8 Å². The molecule has 3 rings (SSSR count). The number of hydrogen-bond donors (Lipinski definition) is 2. The lowest BCUT2D eigenvalue weighted by Crippen LogP contribution is -2.39. The summed E-state index contributed by atoms with van der Waals surface area (Å²) in [7, 11) is 3.80. The summed E-state index contributed by atoms with van der Waals surface area (Å²) < 4.78 is 44.8. The van der Waals surface area contributed by atoms with Crippen LogP contribution in [0.5, 0.6) is 0 Å². The van der Waals surface area contributed by atoms with Gasteiger partial charge in [0.1, 0.15) is 5.82 Å². The number of likely N-dealkylation sites (N-methyl/N-ethyl adjacent to an activating group) is 1. The number of carbonyl (C=O) groups excluding carboxylic acids is 1. The highest BCUT2D eigenvalue weighted by molar-refractivity contribution is 5.78. The average Bonchev–Trinajstić information content (AvgIpc) is 2.92. The number of rotatable bonds is 3. The van der Waals surface area contributed by atoms with Gasteiger partial charge in [0.05, 0.1) is 12.2 Å². The number of benzene rings is 1. The average molecular weight is 430 g/mol. The molecule has 1 amide bonds. The Balaban J connectivity index is 0.000000396. The lowest BCUT2D eigenvalue weighted by atomic mass is 10.0. The highest BCUT2D eigenvalue weighted by Gasteiger charge is 2.38. The quantitative estimate of drug-likeness (QED) is 0.730. The van der Waals surface area contributed by atoms with Crippen molar-refractivity contribution in [3.8, 4) is 11.3 Å². The molecule has 0 aliphatic carbocycles. The van der Waals surface area contributed by atoms with Gasteiger partial charge in [0, 0.05) is 36.3 Å². The lowest BCUT2D eigenvalue weighted by Gasteiger charge is -2.22. The van der Waals surface area contributed by atoms with Crippen LogP contribution < -0.4 is 0 Å². The molecule has 0 saturated heterocycles. The zero-order chi connectivity index (χ0) is 22.5. The Morgan fingerprint density at radius 3 is 2.27 bits per heavy atom. The van der Waals surface area contributed by atoms with Crippen LogP contribution in [0.15, 0.2) is 24.3 Å². The molecule has 2 heterocycles. The van der Waals surface area contributed by atoms with E-state index in [0.717, 1.165) is 35.4 Å². The molecule has 0 saturated carbocycles. The van der Waals surface area contributed by atoms with Gasteiger partial charge in [-0.1, -0.05) is 0 Å². The number of aliphatic carboxylic acids is 1. The minimum atomic E-state index is -5.08. The molecule has 164 valence electrons. The fraction of sp³-hybridized carbons (Fsp3) is 0.421. The highest BCUT2D eigenvalue weighted by atomic mass is 19.4. The van der Waals surface area contributed by atoms with E-state index >= 15 is 0 Å². The van der Waals surface area contributed by atoms with Gasteiger partial charge in [0.25, 0.3) is 0 Å². The number of carboxylic acid groups (broad SMARTS) is 1.